The molecule has 0 aliphatic rings. The summed E-state index contributed by atoms with van der Waals surface area (Å²) >= 11 is 0. The molecular formula is C13H18F. The molecule has 0 saturated carbocycles. The summed E-state index contributed by atoms with van der Waals surface area (Å²) in [6, 6.07) is 6.24. The highest BCUT2D eigenvalue weighted by Gasteiger charge is 2.09. The molecule has 0 aromatic heterocycles. The van der Waals surface area contributed by atoms with E-state index in [-0.39, 0.29) is 12.6 Å². The molecule has 14 heavy (non-hydrogen) atoms. The van der Waals surface area contributed by atoms with Gasteiger partial charge in [-0.15, -0.1) is 0 Å². The first-order valence-corrected chi connectivity index (χ1v) is 5.17. The molecule has 0 heterocycles. The molecule has 1 aromatic rings. The molecule has 0 saturated heterocycles. The summed E-state index contributed by atoms with van der Waals surface area (Å²) in [5.74, 6) is -0.212. The van der Waals surface area contributed by atoms with E-state index in [9.17, 15) is 4.39 Å². The lowest BCUT2D eigenvalue weighted by Gasteiger charge is -2.14. The maximum atomic E-state index is 12.6. The van der Waals surface area contributed by atoms with Crippen LogP contribution in [0.3, 0.4) is 0 Å². The Morgan fingerprint density at radius 1 is 1.43 bits per heavy atom. The van der Waals surface area contributed by atoms with Crippen LogP contribution in [-0.2, 0) is 6.42 Å². The third-order valence-electron chi connectivity index (χ3n) is 2.45. The lowest BCUT2D eigenvalue weighted by molar-refractivity contribution is 0.464. The first kappa shape index (κ1) is 11.2. The van der Waals surface area contributed by atoms with Crippen LogP contribution in [0.1, 0.15) is 36.0 Å². The first-order valence-electron chi connectivity index (χ1n) is 5.17. The normalized spacial score (nSPS) is 12.9. The average Bonchev–Trinajstić information content (AvgIpc) is 2.20. The van der Waals surface area contributed by atoms with E-state index in [1.54, 1.807) is 0 Å². The molecule has 1 rings (SSSR count). The molecule has 0 nitrogen and oxygen atoms in total. The highest BCUT2D eigenvalue weighted by atomic mass is 19.1. The van der Waals surface area contributed by atoms with Crippen LogP contribution in [-0.4, -0.2) is 6.67 Å². The Morgan fingerprint density at radius 2 is 2.14 bits per heavy atom. The molecule has 0 fully saturated rings. The largest absolute Gasteiger partial charge is 0.250 e. The Kier molecular flexibility index (Phi) is 4.12. The van der Waals surface area contributed by atoms with Crippen LogP contribution >= 0.6 is 0 Å². The van der Waals surface area contributed by atoms with Crippen molar-refractivity contribution >= 4 is 0 Å². The molecule has 0 spiro atoms. The van der Waals surface area contributed by atoms with Crippen molar-refractivity contribution in [3.8, 4) is 0 Å². The molecule has 0 N–H and O–H groups in total. The van der Waals surface area contributed by atoms with Gasteiger partial charge in [-0.2, -0.15) is 0 Å². The van der Waals surface area contributed by atoms with E-state index in [0.29, 0.717) is 0 Å². The Bertz CT molecular complexity index is 291. The van der Waals surface area contributed by atoms with Crippen LogP contribution in [0.4, 0.5) is 4.39 Å². The van der Waals surface area contributed by atoms with Crippen molar-refractivity contribution in [2.75, 3.05) is 6.67 Å². The van der Waals surface area contributed by atoms with Gasteiger partial charge in [-0.25, -0.2) is 0 Å². The van der Waals surface area contributed by atoms with Crippen molar-refractivity contribution in [2.24, 2.45) is 0 Å². The van der Waals surface area contributed by atoms with Crippen molar-refractivity contribution in [3.63, 3.8) is 0 Å². The van der Waals surface area contributed by atoms with Crippen molar-refractivity contribution in [1.29, 1.82) is 0 Å². The summed E-state index contributed by atoms with van der Waals surface area (Å²) in [6.45, 7) is 7.63. The molecule has 0 amide bonds. The summed E-state index contributed by atoms with van der Waals surface area (Å²) in [7, 11) is 0. The zero-order valence-electron chi connectivity index (χ0n) is 9.02. The number of rotatable bonds is 4. The summed E-state index contributed by atoms with van der Waals surface area (Å²) in [5, 5.41) is 0. The van der Waals surface area contributed by atoms with E-state index in [2.05, 4.69) is 32.0 Å². The standard InChI is InChI=1S/C13H18F/c1-4-5-12-7-6-10(2)8-13(12)11(3)9-14/h6-8,11H,3-5,9H2,1-2H3. The van der Waals surface area contributed by atoms with Crippen molar-refractivity contribution < 1.29 is 4.39 Å². The minimum Gasteiger partial charge on any atom is -0.250 e. The Hall–Kier alpha value is -0.850. The molecule has 0 aliphatic heterocycles. The first-order chi connectivity index (χ1) is 6.69. The van der Waals surface area contributed by atoms with Crippen molar-refractivity contribution in [2.45, 2.75) is 32.6 Å². The highest BCUT2D eigenvalue weighted by molar-refractivity contribution is 5.35. The smallest absolute Gasteiger partial charge is 0.0963 e. The fourth-order valence-electron chi connectivity index (χ4n) is 1.67. The van der Waals surface area contributed by atoms with Gasteiger partial charge in [0.15, 0.2) is 0 Å². The zero-order valence-corrected chi connectivity index (χ0v) is 9.02. The SMILES string of the molecule is [CH2]C(CF)c1cc(C)ccc1CCC. The molecular weight excluding hydrogens is 175 g/mol. The van der Waals surface area contributed by atoms with E-state index in [1.807, 2.05) is 6.92 Å². The van der Waals surface area contributed by atoms with Crippen LogP contribution < -0.4 is 0 Å². The number of aryl methyl sites for hydroxylation is 2. The number of halogens is 1. The summed E-state index contributed by atoms with van der Waals surface area (Å²) in [6.07, 6.45) is 2.11. The molecule has 1 atom stereocenters. The number of alkyl halides is 1. The minimum absolute atomic E-state index is 0.212. The fourth-order valence-corrected chi connectivity index (χ4v) is 1.67. The minimum atomic E-state index is -0.375. The van der Waals surface area contributed by atoms with Gasteiger partial charge in [0.2, 0.25) is 0 Å². The Balaban J connectivity index is 3.02. The van der Waals surface area contributed by atoms with Crippen LogP contribution in [0.15, 0.2) is 18.2 Å². The van der Waals surface area contributed by atoms with E-state index in [1.165, 1.54) is 11.1 Å². The maximum Gasteiger partial charge on any atom is 0.0963 e. The van der Waals surface area contributed by atoms with Gasteiger partial charge in [-0.3, -0.25) is 4.39 Å². The Morgan fingerprint density at radius 3 is 2.71 bits per heavy atom. The van der Waals surface area contributed by atoms with Gasteiger partial charge in [0.05, 0.1) is 6.67 Å². The fraction of sp³-hybridized carbons (Fsp3) is 0.462. The van der Waals surface area contributed by atoms with Gasteiger partial charge < -0.3 is 0 Å². The topological polar surface area (TPSA) is 0 Å². The summed E-state index contributed by atoms with van der Waals surface area (Å²) in [4.78, 5) is 0. The number of hydrogen-bond donors (Lipinski definition) is 0. The second-order valence-corrected chi connectivity index (χ2v) is 3.80. The molecule has 77 valence electrons. The van der Waals surface area contributed by atoms with Gasteiger partial charge in [-0.05, 0) is 31.4 Å². The highest BCUT2D eigenvalue weighted by Crippen LogP contribution is 2.22. The molecule has 1 radical (unpaired) electrons. The van der Waals surface area contributed by atoms with Gasteiger partial charge >= 0.3 is 0 Å². The van der Waals surface area contributed by atoms with Crippen LogP contribution in [0.5, 0.6) is 0 Å². The summed E-state index contributed by atoms with van der Waals surface area (Å²) < 4.78 is 12.6. The van der Waals surface area contributed by atoms with E-state index < -0.39 is 0 Å². The van der Waals surface area contributed by atoms with Crippen LogP contribution in [0, 0.1) is 13.8 Å². The molecule has 0 aliphatic carbocycles. The second kappa shape index (κ2) is 5.14. The van der Waals surface area contributed by atoms with Gasteiger partial charge in [0.1, 0.15) is 0 Å². The van der Waals surface area contributed by atoms with Crippen molar-refractivity contribution in [1.82, 2.24) is 0 Å². The average molecular weight is 193 g/mol. The monoisotopic (exact) mass is 193 g/mol. The number of benzene rings is 1. The predicted octanol–water partition coefficient (Wildman–Crippen LogP) is 3.83. The lowest BCUT2D eigenvalue weighted by atomic mass is 9.92. The summed E-state index contributed by atoms with van der Waals surface area (Å²) in [5.41, 5.74) is 3.51. The van der Waals surface area contributed by atoms with E-state index >= 15 is 0 Å². The zero-order chi connectivity index (χ0) is 10.6. The van der Waals surface area contributed by atoms with Crippen LogP contribution in [0.2, 0.25) is 0 Å². The Labute approximate surface area is 86.2 Å². The molecule has 1 unspecified atom stereocenters. The number of hydrogen-bond acceptors (Lipinski definition) is 0. The van der Waals surface area contributed by atoms with Crippen molar-refractivity contribution in [3.05, 3.63) is 41.8 Å². The molecule has 1 aromatic carbocycles. The van der Waals surface area contributed by atoms with Crippen LogP contribution in [0.25, 0.3) is 0 Å². The van der Waals surface area contributed by atoms with Gasteiger partial charge in [-0.1, -0.05) is 37.1 Å². The predicted molar refractivity (Wildman–Crippen MR) is 59.2 cm³/mol. The third kappa shape index (κ3) is 2.57. The van der Waals surface area contributed by atoms with E-state index in [0.717, 1.165) is 18.4 Å². The lowest BCUT2D eigenvalue weighted by Crippen LogP contribution is -2.02. The van der Waals surface area contributed by atoms with Gasteiger partial charge in [0, 0.05) is 5.92 Å². The second-order valence-electron chi connectivity index (χ2n) is 3.80. The van der Waals surface area contributed by atoms with E-state index in [4.69, 9.17) is 0 Å². The maximum absolute atomic E-state index is 12.6. The molecule has 0 bridgehead atoms. The molecule has 1 heteroatoms. The van der Waals surface area contributed by atoms with Gasteiger partial charge in [0.25, 0.3) is 0 Å². The quantitative estimate of drug-likeness (QED) is 0.681. The third-order valence-corrected chi connectivity index (χ3v) is 2.45.